The van der Waals surface area contributed by atoms with Crippen molar-refractivity contribution in [3.05, 3.63) is 76.6 Å². The largest absolute Gasteiger partial charge is 0.497 e. The fraction of sp³-hybridized carbons (Fsp3) is 0.357. The molecule has 6 nitrogen and oxygen atoms in total. The highest BCUT2D eigenvalue weighted by Gasteiger charge is 2.31. The Balaban J connectivity index is 1.54. The number of rotatable bonds is 7. The molecular weight excluding hydrogens is 424 g/mol. The van der Waals surface area contributed by atoms with Gasteiger partial charge >= 0.3 is 0 Å². The molecule has 1 saturated carbocycles. The average molecular weight is 455 g/mol. The maximum atomic E-state index is 5.90. The van der Waals surface area contributed by atoms with Crippen molar-refractivity contribution in [1.29, 1.82) is 0 Å². The Hall–Kier alpha value is -3.38. The van der Waals surface area contributed by atoms with Crippen LogP contribution < -0.4 is 9.64 Å². The fourth-order valence-corrected chi connectivity index (χ4v) is 5.06. The van der Waals surface area contributed by atoms with Gasteiger partial charge in [-0.1, -0.05) is 36.4 Å². The van der Waals surface area contributed by atoms with Crippen LogP contribution >= 0.6 is 0 Å². The Morgan fingerprint density at radius 1 is 1.09 bits per heavy atom. The average Bonchev–Trinajstić information content (AvgIpc) is 3.43. The number of ether oxygens (including phenoxy) is 2. The van der Waals surface area contributed by atoms with Crippen LogP contribution in [-0.2, 0) is 24.5 Å². The van der Waals surface area contributed by atoms with Crippen molar-refractivity contribution in [2.24, 2.45) is 5.92 Å². The normalized spacial score (nSPS) is 15.0. The lowest BCUT2D eigenvalue weighted by atomic mass is 10.0. The molecule has 1 aliphatic heterocycles. The first kappa shape index (κ1) is 21.2. The van der Waals surface area contributed by atoms with Gasteiger partial charge in [0.15, 0.2) is 5.65 Å². The van der Waals surface area contributed by atoms with E-state index in [1.807, 2.05) is 6.07 Å². The molecule has 6 rings (SSSR count). The zero-order valence-corrected chi connectivity index (χ0v) is 20.0. The van der Waals surface area contributed by atoms with E-state index in [0.717, 1.165) is 64.3 Å². The van der Waals surface area contributed by atoms with Gasteiger partial charge in [-0.05, 0) is 61.4 Å². The van der Waals surface area contributed by atoms with Crippen molar-refractivity contribution in [3.8, 4) is 16.9 Å². The number of nitrogens with zero attached hydrogens (tertiary/aromatic N) is 4. The molecule has 1 fully saturated rings. The molecule has 0 bridgehead atoms. The Labute approximate surface area is 200 Å². The summed E-state index contributed by atoms with van der Waals surface area (Å²) in [5.74, 6) is 2.73. The molecule has 174 valence electrons. The minimum absolute atomic E-state index is 0.548. The molecule has 0 radical (unpaired) electrons. The fourth-order valence-electron chi connectivity index (χ4n) is 5.06. The molecule has 0 amide bonds. The van der Waals surface area contributed by atoms with Crippen LogP contribution in [0.1, 0.15) is 40.9 Å². The SMILES string of the molecule is COc1ccc(-c2c(C)nn3c(N(Cc4ccccc4)CC4CC4)c4c(nc23)COC4)c(C)c1. The summed E-state index contributed by atoms with van der Waals surface area (Å²) in [5.41, 5.74) is 8.77. The van der Waals surface area contributed by atoms with Gasteiger partial charge in [0, 0.05) is 24.2 Å². The Kier molecular flexibility index (Phi) is 5.26. The van der Waals surface area contributed by atoms with E-state index in [0.29, 0.717) is 13.2 Å². The first-order valence-electron chi connectivity index (χ1n) is 12.0. The predicted molar refractivity (Wildman–Crippen MR) is 133 cm³/mol. The second-order valence-corrected chi connectivity index (χ2v) is 9.54. The summed E-state index contributed by atoms with van der Waals surface area (Å²) in [4.78, 5) is 7.61. The quantitative estimate of drug-likeness (QED) is 0.371. The molecule has 0 atom stereocenters. The number of hydrogen-bond donors (Lipinski definition) is 0. The maximum Gasteiger partial charge on any atom is 0.165 e. The number of aryl methyl sites for hydroxylation is 2. The van der Waals surface area contributed by atoms with Crippen molar-refractivity contribution in [3.63, 3.8) is 0 Å². The number of hydrogen-bond acceptors (Lipinski definition) is 5. The molecule has 34 heavy (non-hydrogen) atoms. The van der Waals surface area contributed by atoms with Gasteiger partial charge in [0.1, 0.15) is 11.6 Å². The van der Waals surface area contributed by atoms with Gasteiger partial charge in [-0.2, -0.15) is 9.61 Å². The molecule has 4 aromatic rings. The second-order valence-electron chi connectivity index (χ2n) is 9.54. The third kappa shape index (κ3) is 3.72. The zero-order valence-electron chi connectivity index (χ0n) is 20.0. The Morgan fingerprint density at radius 3 is 2.65 bits per heavy atom. The Bertz CT molecular complexity index is 1360. The van der Waals surface area contributed by atoms with E-state index in [1.54, 1.807) is 7.11 Å². The van der Waals surface area contributed by atoms with Gasteiger partial charge in [-0.15, -0.1) is 0 Å². The van der Waals surface area contributed by atoms with Crippen LogP contribution in [0.3, 0.4) is 0 Å². The lowest BCUT2D eigenvalue weighted by molar-refractivity contribution is 0.133. The number of aromatic nitrogens is 3. The monoisotopic (exact) mass is 454 g/mol. The number of methoxy groups -OCH3 is 1. The second kappa shape index (κ2) is 8.44. The number of fused-ring (bicyclic) bond motifs is 2. The lowest BCUT2D eigenvalue weighted by Crippen LogP contribution is -2.29. The zero-order chi connectivity index (χ0) is 23.2. The number of benzene rings is 2. The van der Waals surface area contributed by atoms with Crippen LogP contribution in [0.2, 0.25) is 0 Å². The lowest BCUT2D eigenvalue weighted by Gasteiger charge is -2.27. The minimum Gasteiger partial charge on any atom is -0.497 e. The van der Waals surface area contributed by atoms with Gasteiger partial charge in [0.2, 0.25) is 0 Å². The van der Waals surface area contributed by atoms with E-state index in [-0.39, 0.29) is 0 Å². The van der Waals surface area contributed by atoms with E-state index in [4.69, 9.17) is 19.6 Å². The number of anilines is 1. The molecule has 2 aliphatic rings. The standard InChI is InChI=1S/C28H30N4O2/c1-18-13-22(33-3)11-12-23(18)26-19(2)30-32-27(26)29-25-17-34-16-24(25)28(32)31(15-21-9-10-21)14-20-7-5-4-6-8-20/h4-8,11-13,21H,9-10,14-17H2,1-3H3. The van der Waals surface area contributed by atoms with Gasteiger partial charge in [-0.25, -0.2) is 4.98 Å². The molecule has 0 N–H and O–H groups in total. The van der Waals surface area contributed by atoms with E-state index in [2.05, 4.69) is 65.7 Å². The highest BCUT2D eigenvalue weighted by atomic mass is 16.5. The van der Waals surface area contributed by atoms with Crippen LogP contribution in [0.15, 0.2) is 48.5 Å². The van der Waals surface area contributed by atoms with Crippen molar-refractivity contribution >= 4 is 11.5 Å². The molecule has 0 spiro atoms. The molecule has 0 unspecified atom stereocenters. The first-order chi connectivity index (χ1) is 16.6. The Morgan fingerprint density at radius 2 is 1.91 bits per heavy atom. The highest BCUT2D eigenvalue weighted by molar-refractivity contribution is 5.83. The summed E-state index contributed by atoms with van der Waals surface area (Å²) >= 11 is 0. The summed E-state index contributed by atoms with van der Waals surface area (Å²) in [7, 11) is 1.70. The van der Waals surface area contributed by atoms with E-state index < -0.39 is 0 Å². The van der Waals surface area contributed by atoms with Crippen LogP contribution in [0.25, 0.3) is 16.8 Å². The minimum atomic E-state index is 0.548. The molecule has 2 aromatic heterocycles. The van der Waals surface area contributed by atoms with Gasteiger partial charge in [0.25, 0.3) is 0 Å². The summed E-state index contributed by atoms with van der Waals surface area (Å²) in [6.45, 7) is 7.20. The van der Waals surface area contributed by atoms with Crippen molar-refractivity contribution in [2.45, 2.75) is 46.4 Å². The molecular formula is C28H30N4O2. The van der Waals surface area contributed by atoms with Gasteiger partial charge in [0.05, 0.1) is 31.7 Å². The van der Waals surface area contributed by atoms with Gasteiger partial charge in [-0.3, -0.25) is 0 Å². The van der Waals surface area contributed by atoms with Gasteiger partial charge < -0.3 is 14.4 Å². The maximum absolute atomic E-state index is 5.90. The first-order valence-corrected chi connectivity index (χ1v) is 12.0. The summed E-state index contributed by atoms with van der Waals surface area (Å²) in [6, 6.07) is 16.9. The van der Waals surface area contributed by atoms with E-state index in [1.165, 1.54) is 24.0 Å². The molecule has 6 heteroatoms. The highest BCUT2D eigenvalue weighted by Crippen LogP contribution is 2.39. The molecule has 0 saturated heterocycles. The summed E-state index contributed by atoms with van der Waals surface area (Å²) < 4.78 is 13.4. The smallest absolute Gasteiger partial charge is 0.165 e. The summed E-state index contributed by atoms with van der Waals surface area (Å²) in [6.07, 6.45) is 2.60. The third-order valence-electron chi connectivity index (χ3n) is 6.98. The summed E-state index contributed by atoms with van der Waals surface area (Å²) in [5, 5.41) is 5.07. The van der Waals surface area contributed by atoms with Crippen molar-refractivity contribution < 1.29 is 9.47 Å². The van der Waals surface area contributed by atoms with E-state index in [9.17, 15) is 0 Å². The van der Waals surface area contributed by atoms with Crippen molar-refractivity contribution in [2.75, 3.05) is 18.6 Å². The topological polar surface area (TPSA) is 51.9 Å². The molecule has 1 aliphatic carbocycles. The van der Waals surface area contributed by atoms with E-state index >= 15 is 0 Å². The molecule has 2 aromatic carbocycles. The van der Waals surface area contributed by atoms with Crippen molar-refractivity contribution in [1.82, 2.24) is 14.6 Å². The van der Waals surface area contributed by atoms with Crippen LogP contribution in [0.5, 0.6) is 5.75 Å². The van der Waals surface area contributed by atoms with Crippen LogP contribution in [0, 0.1) is 19.8 Å². The van der Waals surface area contributed by atoms with Crippen LogP contribution in [-0.4, -0.2) is 28.3 Å². The molecule has 3 heterocycles. The third-order valence-corrected chi connectivity index (χ3v) is 6.98. The predicted octanol–water partition coefficient (Wildman–Crippen LogP) is 5.47. The van der Waals surface area contributed by atoms with Crippen LogP contribution in [0.4, 0.5) is 5.82 Å².